The molecule has 0 radical (unpaired) electrons. The Bertz CT molecular complexity index is 1350. The monoisotopic (exact) mass is 502 g/mol. The van der Waals surface area contributed by atoms with Crippen molar-refractivity contribution in [2.75, 3.05) is 4.72 Å². The molecule has 7 nitrogen and oxygen atoms in total. The maximum Gasteiger partial charge on any atom is 0.261 e. The lowest BCUT2D eigenvalue weighted by molar-refractivity contribution is 0.0742. The van der Waals surface area contributed by atoms with Crippen molar-refractivity contribution in [3.8, 4) is 0 Å². The molecule has 0 aliphatic carbocycles. The van der Waals surface area contributed by atoms with Crippen LogP contribution in [-0.4, -0.2) is 30.8 Å². The second kappa shape index (κ2) is 9.93. The van der Waals surface area contributed by atoms with Crippen molar-refractivity contribution in [3.05, 3.63) is 95.1 Å². The molecule has 1 atom stereocenters. The van der Waals surface area contributed by atoms with Crippen molar-refractivity contribution in [3.63, 3.8) is 0 Å². The molecule has 0 saturated carbocycles. The van der Waals surface area contributed by atoms with Crippen molar-refractivity contribution in [1.29, 1.82) is 0 Å². The lowest BCUT2D eigenvalue weighted by atomic mass is 9.99. The summed E-state index contributed by atoms with van der Waals surface area (Å²) in [5.41, 5.74) is -1.52. The summed E-state index contributed by atoms with van der Waals surface area (Å²) in [7, 11) is -4.35. The number of amides is 1. The first-order chi connectivity index (χ1) is 16.3. The van der Waals surface area contributed by atoms with Gasteiger partial charge in [0.15, 0.2) is 5.78 Å². The molecule has 0 aliphatic rings. The van der Waals surface area contributed by atoms with Gasteiger partial charge in [-0.2, -0.15) is 0 Å². The fourth-order valence-electron chi connectivity index (χ4n) is 3.15. The van der Waals surface area contributed by atoms with Gasteiger partial charge >= 0.3 is 0 Å². The number of Topliss-reactive ketones (excluding diaryl/α,β-unsaturated/α-hetero) is 1. The molecule has 184 valence electrons. The van der Waals surface area contributed by atoms with E-state index < -0.39 is 56.2 Å². The predicted octanol–water partition coefficient (Wildman–Crippen LogP) is 4.21. The highest BCUT2D eigenvalue weighted by Gasteiger charge is 2.25. The van der Waals surface area contributed by atoms with E-state index in [1.807, 2.05) is 4.72 Å². The number of benzene rings is 3. The molecule has 0 aromatic heterocycles. The number of halogens is 2. The molecule has 3 aromatic rings. The number of ketones is 1. The van der Waals surface area contributed by atoms with Gasteiger partial charge in [-0.3, -0.25) is 14.3 Å². The van der Waals surface area contributed by atoms with Crippen molar-refractivity contribution >= 4 is 27.4 Å². The van der Waals surface area contributed by atoms with Crippen LogP contribution in [0.15, 0.2) is 71.6 Å². The average molecular weight is 503 g/mol. The summed E-state index contributed by atoms with van der Waals surface area (Å²) in [5, 5.41) is 12.9. The lowest BCUT2D eigenvalue weighted by Gasteiger charge is -2.20. The van der Waals surface area contributed by atoms with Crippen LogP contribution in [0.25, 0.3) is 0 Å². The largest absolute Gasteiger partial charge is 0.380 e. The Balaban J connectivity index is 1.81. The highest BCUT2D eigenvalue weighted by Crippen LogP contribution is 2.26. The third-order valence-electron chi connectivity index (χ3n) is 4.85. The number of hydrogen-bond donors (Lipinski definition) is 3. The minimum atomic E-state index is -4.35. The third-order valence-corrected chi connectivity index (χ3v) is 6.23. The summed E-state index contributed by atoms with van der Waals surface area (Å²) in [5.74, 6) is -3.90. The normalized spacial score (nSPS) is 12.6. The highest BCUT2D eigenvalue weighted by atomic mass is 32.2. The molecule has 3 N–H and O–H groups in total. The Morgan fingerprint density at radius 2 is 1.51 bits per heavy atom. The van der Waals surface area contributed by atoms with E-state index in [-0.39, 0.29) is 16.0 Å². The van der Waals surface area contributed by atoms with Crippen LogP contribution in [0.3, 0.4) is 0 Å². The van der Waals surface area contributed by atoms with E-state index in [4.69, 9.17) is 0 Å². The molecular weight excluding hydrogens is 478 g/mol. The van der Waals surface area contributed by atoms with Crippen molar-refractivity contribution in [1.82, 2.24) is 5.32 Å². The van der Waals surface area contributed by atoms with Crippen LogP contribution in [-0.2, 0) is 10.0 Å². The quantitative estimate of drug-likeness (QED) is 0.419. The van der Waals surface area contributed by atoms with Crippen LogP contribution in [0.1, 0.15) is 53.2 Å². The van der Waals surface area contributed by atoms with Crippen LogP contribution >= 0.6 is 0 Å². The molecular formula is C25H24F2N2O5S. The van der Waals surface area contributed by atoms with Crippen LogP contribution in [0.4, 0.5) is 14.5 Å². The summed E-state index contributed by atoms with van der Waals surface area (Å²) < 4.78 is 56.6. The summed E-state index contributed by atoms with van der Waals surface area (Å²) in [6.07, 6.45) is -1.72. The van der Waals surface area contributed by atoms with Gasteiger partial charge in [0.05, 0.1) is 16.1 Å². The van der Waals surface area contributed by atoms with Crippen LogP contribution in [0.2, 0.25) is 0 Å². The molecule has 1 amide bonds. The number of rotatable bonds is 7. The van der Waals surface area contributed by atoms with Gasteiger partial charge in [-0.05, 0) is 56.7 Å². The molecule has 10 heteroatoms. The zero-order valence-electron chi connectivity index (χ0n) is 19.2. The second-order valence-corrected chi connectivity index (χ2v) is 10.5. The molecule has 0 bridgehead atoms. The molecule has 35 heavy (non-hydrogen) atoms. The van der Waals surface area contributed by atoms with Crippen molar-refractivity contribution in [2.24, 2.45) is 0 Å². The van der Waals surface area contributed by atoms with Gasteiger partial charge in [0.2, 0.25) is 0 Å². The SMILES string of the molecule is CC(C)(C)NC(=O)c1ccc(S(=O)(=O)Nc2cc(F)c(C(=O)C(O)c3ccccc3)cc2F)cc1. The standard InChI is InChI=1S/C25H24F2N2O5S/c1-25(2,3)28-24(32)16-9-11-17(12-10-16)35(33,34)29-21-14-19(26)18(13-20(21)27)23(31)22(30)15-7-5-4-6-8-15/h4-14,22,29-30H,1-3H3,(H,28,32). The van der Waals surface area contributed by atoms with Crippen molar-refractivity contribution < 1.29 is 31.9 Å². The summed E-state index contributed by atoms with van der Waals surface area (Å²) in [4.78, 5) is 24.4. The molecule has 0 saturated heterocycles. The molecule has 0 heterocycles. The first kappa shape index (κ1) is 26.0. The number of aliphatic hydroxyl groups is 1. The number of carbonyl (C=O) groups is 2. The third kappa shape index (κ3) is 6.28. The van der Waals surface area contributed by atoms with E-state index >= 15 is 0 Å². The van der Waals surface area contributed by atoms with Gasteiger partial charge in [-0.1, -0.05) is 30.3 Å². The van der Waals surface area contributed by atoms with E-state index in [1.165, 1.54) is 24.3 Å². The predicted molar refractivity (Wildman–Crippen MR) is 127 cm³/mol. The smallest absolute Gasteiger partial charge is 0.261 e. The van der Waals surface area contributed by atoms with Crippen LogP contribution in [0, 0.1) is 11.6 Å². The molecule has 0 spiro atoms. The van der Waals surface area contributed by atoms with Crippen molar-refractivity contribution in [2.45, 2.75) is 37.3 Å². The van der Waals surface area contributed by atoms with Gasteiger partial charge in [-0.15, -0.1) is 0 Å². The fourth-order valence-corrected chi connectivity index (χ4v) is 4.21. The number of anilines is 1. The van der Waals surface area contributed by atoms with Gasteiger partial charge in [0.1, 0.15) is 17.7 Å². The van der Waals surface area contributed by atoms with E-state index in [9.17, 15) is 31.9 Å². The zero-order chi connectivity index (χ0) is 26.0. The minimum absolute atomic E-state index is 0.196. The average Bonchev–Trinajstić information content (AvgIpc) is 2.79. The summed E-state index contributed by atoms with van der Waals surface area (Å²) in [6.45, 7) is 5.38. The van der Waals surface area contributed by atoms with E-state index in [0.717, 1.165) is 12.1 Å². The Morgan fingerprint density at radius 1 is 0.914 bits per heavy atom. The van der Waals surface area contributed by atoms with E-state index in [1.54, 1.807) is 39.0 Å². The maximum atomic E-state index is 14.6. The van der Waals surface area contributed by atoms with Gasteiger partial charge < -0.3 is 10.4 Å². The minimum Gasteiger partial charge on any atom is -0.380 e. The Labute approximate surface area is 201 Å². The number of hydrogen-bond acceptors (Lipinski definition) is 5. The topological polar surface area (TPSA) is 113 Å². The van der Waals surface area contributed by atoms with Gasteiger partial charge in [0, 0.05) is 17.2 Å². The highest BCUT2D eigenvalue weighted by molar-refractivity contribution is 7.92. The Morgan fingerprint density at radius 3 is 2.09 bits per heavy atom. The molecule has 3 aromatic carbocycles. The maximum absolute atomic E-state index is 14.6. The molecule has 0 fully saturated rings. The lowest BCUT2D eigenvalue weighted by Crippen LogP contribution is -2.40. The van der Waals surface area contributed by atoms with Gasteiger partial charge in [-0.25, -0.2) is 17.2 Å². The second-order valence-electron chi connectivity index (χ2n) is 8.82. The summed E-state index contributed by atoms with van der Waals surface area (Å²) >= 11 is 0. The number of nitrogens with one attached hydrogen (secondary N) is 2. The van der Waals surface area contributed by atoms with Gasteiger partial charge in [0.25, 0.3) is 15.9 Å². The first-order valence-corrected chi connectivity index (χ1v) is 12.0. The van der Waals surface area contributed by atoms with Crippen LogP contribution < -0.4 is 10.0 Å². The molecule has 0 aliphatic heterocycles. The Kier molecular flexibility index (Phi) is 7.37. The van der Waals surface area contributed by atoms with E-state index in [2.05, 4.69) is 5.32 Å². The van der Waals surface area contributed by atoms with Crippen LogP contribution in [0.5, 0.6) is 0 Å². The number of aliphatic hydroxyl groups excluding tert-OH is 1. The molecule has 1 unspecified atom stereocenters. The Hall–Kier alpha value is -3.63. The zero-order valence-corrected chi connectivity index (χ0v) is 20.0. The number of sulfonamides is 1. The van der Waals surface area contributed by atoms with E-state index in [0.29, 0.717) is 12.1 Å². The number of carbonyl (C=O) groups excluding carboxylic acids is 2. The first-order valence-electron chi connectivity index (χ1n) is 10.5. The summed E-state index contributed by atoms with van der Waals surface area (Å²) in [6, 6.07) is 13.7. The fraction of sp³-hybridized carbons (Fsp3) is 0.200. The molecule has 3 rings (SSSR count).